The molecule has 0 atom stereocenters. The molecule has 3 aromatic rings. The summed E-state index contributed by atoms with van der Waals surface area (Å²) >= 11 is 1.40. The molecule has 1 amide bonds. The summed E-state index contributed by atoms with van der Waals surface area (Å²) in [4.78, 5) is 12.1. The number of carbonyl (C=O) groups is 1. The van der Waals surface area contributed by atoms with E-state index in [1.807, 2.05) is 18.2 Å². The number of rotatable bonds is 10. The molecule has 2 aromatic carbocycles. The minimum absolute atomic E-state index is 0.0440. The Kier molecular flexibility index (Phi) is 8.04. The zero-order valence-electron chi connectivity index (χ0n) is 17.7. The predicted octanol–water partition coefficient (Wildman–Crippen LogP) is 3.52. The average molecular weight is 425 g/mol. The van der Waals surface area contributed by atoms with E-state index in [2.05, 4.69) is 64.3 Å². The van der Waals surface area contributed by atoms with Gasteiger partial charge in [-0.3, -0.25) is 9.36 Å². The van der Waals surface area contributed by atoms with Gasteiger partial charge >= 0.3 is 0 Å². The minimum Gasteiger partial charge on any atom is -0.383 e. The molecular weight excluding hydrogens is 396 g/mol. The van der Waals surface area contributed by atoms with Crippen molar-refractivity contribution >= 4 is 17.7 Å². The van der Waals surface area contributed by atoms with Crippen molar-refractivity contribution in [3.63, 3.8) is 0 Å². The highest BCUT2D eigenvalue weighted by molar-refractivity contribution is 7.99. The van der Waals surface area contributed by atoms with E-state index in [0.29, 0.717) is 13.2 Å². The monoisotopic (exact) mass is 424 g/mol. The van der Waals surface area contributed by atoms with Gasteiger partial charge in [0.15, 0.2) is 5.16 Å². The van der Waals surface area contributed by atoms with Crippen LogP contribution in [0.2, 0.25) is 0 Å². The van der Waals surface area contributed by atoms with E-state index in [0.717, 1.165) is 29.5 Å². The molecule has 0 saturated carbocycles. The smallest absolute Gasteiger partial charge is 0.230 e. The van der Waals surface area contributed by atoms with Crippen molar-refractivity contribution in [3.8, 4) is 5.69 Å². The van der Waals surface area contributed by atoms with Gasteiger partial charge in [0.2, 0.25) is 5.91 Å². The lowest BCUT2D eigenvalue weighted by molar-refractivity contribution is -0.118. The van der Waals surface area contributed by atoms with Gasteiger partial charge < -0.3 is 10.1 Å². The van der Waals surface area contributed by atoms with E-state index >= 15 is 0 Å². The summed E-state index contributed by atoms with van der Waals surface area (Å²) in [6, 6.07) is 16.7. The highest BCUT2D eigenvalue weighted by Gasteiger charge is 2.16. The third-order valence-corrected chi connectivity index (χ3v) is 5.82. The molecule has 0 unspecified atom stereocenters. The lowest BCUT2D eigenvalue weighted by Gasteiger charge is -2.12. The Morgan fingerprint density at radius 1 is 1.07 bits per heavy atom. The van der Waals surface area contributed by atoms with Crippen LogP contribution in [-0.2, 0) is 22.4 Å². The molecule has 30 heavy (non-hydrogen) atoms. The van der Waals surface area contributed by atoms with E-state index in [9.17, 15) is 4.79 Å². The largest absolute Gasteiger partial charge is 0.383 e. The predicted molar refractivity (Wildman–Crippen MR) is 120 cm³/mol. The standard InChI is InChI=1S/C23H28N4O2S/c1-17-9-11-20(15-18(17)2)27-21(12-10-19-7-5-4-6-8-19)25-26-23(27)30-16-22(28)24-13-14-29-3/h4-9,11,15H,10,12-14,16H2,1-3H3,(H,24,28). The molecule has 0 fully saturated rings. The van der Waals surface area contributed by atoms with Crippen molar-refractivity contribution < 1.29 is 9.53 Å². The number of amides is 1. The summed E-state index contributed by atoms with van der Waals surface area (Å²) in [6.07, 6.45) is 1.65. The highest BCUT2D eigenvalue weighted by atomic mass is 32.2. The molecule has 1 aromatic heterocycles. The van der Waals surface area contributed by atoms with Crippen molar-refractivity contribution in [2.75, 3.05) is 26.0 Å². The van der Waals surface area contributed by atoms with Gasteiger partial charge in [-0.1, -0.05) is 48.2 Å². The second kappa shape index (κ2) is 10.9. The number of ether oxygens (including phenoxy) is 1. The molecular formula is C23H28N4O2S. The number of methoxy groups -OCH3 is 1. The first-order valence-electron chi connectivity index (χ1n) is 10.0. The summed E-state index contributed by atoms with van der Waals surface area (Å²) < 4.78 is 7.04. The van der Waals surface area contributed by atoms with Crippen LogP contribution in [0.5, 0.6) is 0 Å². The lowest BCUT2D eigenvalue weighted by Crippen LogP contribution is -2.28. The summed E-state index contributed by atoms with van der Waals surface area (Å²) in [6.45, 7) is 5.20. The van der Waals surface area contributed by atoms with Crippen molar-refractivity contribution in [1.82, 2.24) is 20.1 Å². The molecule has 1 N–H and O–H groups in total. The van der Waals surface area contributed by atoms with Gasteiger partial charge in [-0.05, 0) is 49.1 Å². The molecule has 0 aliphatic rings. The van der Waals surface area contributed by atoms with Crippen LogP contribution in [0.3, 0.4) is 0 Å². The Balaban J connectivity index is 1.80. The summed E-state index contributed by atoms with van der Waals surface area (Å²) in [5.74, 6) is 1.13. The number of hydrogen-bond donors (Lipinski definition) is 1. The molecule has 0 aliphatic heterocycles. The normalized spacial score (nSPS) is 10.9. The fourth-order valence-electron chi connectivity index (χ4n) is 3.05. The lowest BCUT2D eigenvalue weighted by atomic mass is 10.1. The second-order valence-corrected chi connectivity index (χ2v) is 8.06. The molecule has 0 spiro atoms. The zero-order chi connectivity index (χ0) is 21.3. The maximum Gasteiger partial charge on any atom is 0.230 e. The highest BCUT2D eigenvalue weighted by Crippen LogP contribution is 2.24. The second-order valence-electron chi connectivity index (χ2n) is 7.12. The van der Waals surface area contributed by atoms with Crippen LogP contribution in [0, 0.1) is 13.8 Å². The van der Waals surface area contributed by atoms with E-state index in [4.69, 9.17) is 4.74 Å². The van der Waals surface area contributed by atoms with Crippen molar-refractivity contribution in [2.45, 2.75) is 31.8 Å². The number of hydrogen-bond acceptors (Lipinski definition) is 5. The number of aryl methyl sites for hydroxylation is 4. The number of thioether (sulfide) groups is 1. The SMILES string of the molecule is COCCNC(=O)CSc1nnc(CCc2ccccc2)n1-c1ccc(C)c(C)c1. The van der Waals surface area contributed by atoms with Crippen LogP contribution in [0.15, 0.2) is 53.7 Å². The van der Waals surface area contributed by atoms with Gasteiger partial charge in [0.25, 0.3) is 0 Å². The molecule has 3 rings (SSSR count). The van der Waals surface area contributed by atoms with Gasteiger partial charge in [-0.25, -0.2) is 0 Å². The molecule has 6 nitrogen and oxygen atoms in total. The van der Waals surface area contributed by atoms with Crippen molar-refractivity contribution in [2.24, 2.45) is 0 Å². The van der Waals surface area contributed by atoms with Crippen LogP contribution in [-0.4, -0.2) is 46.7 Å². The molecule has 1 heterocycles. The Morgan fingerprint density at radius 3 is 2.60 bits per heavy atom. The van der Waals surface area contributed by atoms with Crippen molar-refractivity contribution in [3.05, 3.63) is 71.0 Å². The first-order valence-corrected chi connectivity index (χ1v) is 11.0. The van der Waals surface area contributed by atoms with Crippen LogP contribution < -0.4 is 5.32 Å². The fourth-order valence-corrected chi connectivity index (χ4v) is 3.85. The van der Waals surface area contributed by atoms with Crippen molar-refractivity contribution in [1.29, 1.82) is 0 Å². The van der Waals surface area contributed by atoms with Gasteiger partial charge in [0.1, 0.15) is 5.82 Å². The molecule has 7 heteroatoms. The van der Waals surface area contributed by atoms with E-state index in [-0.39, 0.29) is 11.7 Å². The Morgan fingerprint density at radius 2 is 1.87 bits per heavy atom. The quantitative estimate of drug-likeness (QED) is 0.398. The minimum atomic E-state index is -0.0440. The van der Waals surface area contributed by atoms with Gasteiger partial charge in [-0.15, -0.1) is 10.2 Å². The maximum atomic E-state index is 12.1. The maximum absolute atomic E-state index is 12.1. The molecule has 0 bridgehead atoms. The zero-order valence-corrected chi connectivity index (χ0v) is 18.5. The summed E-state index contributed by atoms with van der Waals surface area (Å²) in [5.41, 5.74) is 4.74. The van der Waals surface area contributed by atoms with E-state index < -0.39 is 0 Å². The van der Waals surface area contributed by atoms with E-state index in [1.54, 1.807) is 7.11 Å². The first kappa shape index (κ1) is 22.1. The van der Waals surface area contributed by atoms with Crippen LogP contribution in [0.25, 0.3) is 5.69 Å². The number of benzene rings is 2. The third-order valence-electron chi connectivity index (χ3n) is 4.89. The fraction of sp³-hybridized carbons (Fsp3) is 0.348. The Hall–Kier alpha value is -2.64. The van der Waals surface area contributed by atoms with E-state index in [1.165, 1.54) is 28.5 Å². The number of nitrogens with zero attached hydrogens (tertiary/aromatic N) is 3. The first-order chi connectivity index (χ1) is 14.6. The van der Waals surface area contributed by atoms with Crippen LogP contribution in [0.4, 0.5) is 0 Å². The average Bonchev–Trinajstić information content (AvgIpc) is 3.16. The summed E-state index contributed by atoms with van der Waals surface area (Å²) in [5, 5.41) is 12.4. The Bertz CT molecular complexity index is 973. The third kappa shape index (κ3) is 5.93. The Labute approximate surface area is 182 Å². The molecule has 0 radical (unpaired) electrons. The van der Waals surface area contributed by atoms with Gasteiger partial charge in [0.05, 0.1) is 12.4 Å². The topological polar surface area (TPSA) is 69.0 Å². The molecule has 0 aliphatic carbocycles. The number of carbonyl (C=O) groups excluding carboxylic acids is 1. The van der Waals surface area contributed by atoms with Gasteiger partial charge in [-0.2, -0.15) is 0 Å². The van der Waals surface area contributed by atoms with Crippen LogP contribution in [0.1, 0.15) is 22.5 Å². The molecule has 0 saturated heterocycles. The summed E-state index contributed by atoms with van der Waals surface area (Å²) in [7, 11) is 1.61. The molecule has 158 valence electrons. The number of nitrogens with one attached hydrogen (secondary N) is 1. The number of aromatic nitrogens is 3. The van der Waals surface area contributed by atoms with Crippen LogP contribution >= 0.6 is 11.8 Å². The van der Waals surface area contributed by atoms with Gasteiger partial charge in [0, 0.05) is 25.8 Å².